The average molecular weight is 380 g/mol. The number of rotatable bonds is 4. The second-order valence-electron chi connectivity index (χ2n) is 8.13. The number of phenols is 1. The number of fused-ring (bicyclic) bond motifs is 2. The van der Waals surface area contributed by atoms with Gasteiger partial charge in [0, 0.05) is 24.4 Å². The summed E-state index contributed by atoms with van der Waals surface area (Å²) in [4.78, 5) is 14.8. The molecule has 2 heterocycles. The van der Waals surface area contributed by atoms with Gasteiger partial charge >= 0.3 is 5.97 Å². The molecular weight excluding hydrogens is 350 g/mol. The van der Waals surface area contributed by atoms with Crippen molar-refractivity contribution >= 4 is 18.4 Å². The maximum Gasteiger partial charge on any atom is 0.312 e. The van der Waals surface area contributed by atoms with E-state index < -0.39 is 5.72 Å². The average Bonchev–Trinajstić information content (AvgIpc) is 3.09. The summed E-state index contributed by atoms with van der Waals surface area (Å²) in [6.07, 6.45) is 10.3. The summed E-state index contributed by atoms with van der Waals surface area (Å²) in [6.45, 7) is 0. The Kier molecular flexibility index (Phi) is 5.83. The highest BCUT2D eigenvalue weighted by Crippen LogP contribution is 2.46. The van der Waals surface area contributed by atoms with Crippen molar-refractivity contribution in [1.82, 2.24) is 4.90 Å². The zero-order valence-corrected chi connectivity index (χ0v) is 16.4. The van der Waals surface area contributed by atoms with E-state index in [0.29, 0.717) is 23.3 Å². The van der Waals surface area contributed by atoms with Gasteiger partial charge in [-0.25, -0.2) is 0 Å². The van der Waals surface area contributed by atoms with E-state index in [0.717, 1.165) is 44.1 Å². The summed E-state index contributed by atoms with van der Waals surface area (Å²) in [5, 5.41) is 10.7. The van der Waals surface area contributed by atoms with E-state index in [-0.39, 0.29) is 24.8 Å². The highest BCUT2D eigenvalue weighted by molar-refractivity contribution is 5.85. The summed E-state index contributed by atoms with van der Waals surface area (Å²) in [5.74, 6) is 0.526. The van der Waals surface area contributed by atoms with Crippen LogP contribution in [0, 0.1) is 0 Å². The number of phenolic OH excluding ortho intramolecular Hbond substituents is 1. The van der Waals surface area contributed by atoms with E-state index in [9.17, 15) is 9.90 Å². The lowest BCUT2D eigenvalue weighted by Crippen LogP contribution is -2.42. The Bertz CT molecular complexity index is 649. The maximum atomic E-state index is 12.6. The van der Waals surface area contributed by atoms with Crippen molar-refractivity contribution in [3.8, 4) is 5.75 Å². The predicted molar refractivity (Wildman–Crippen MR) is 104 cm³/mol. The second kappa shape index (κ2) is 7.77. The van der Waals surface area contributed by atoms with Crippen molar-refractivity contribution in [3.05, 3.63) is 29.3 Å². The van der Waals surface area contributed by atoms with Gasteiger partial charge in [0.15, 0.2) is 5.72 Å². The first-order valence-corrected chi connectivity index (χ1v) is 9.84. The third-order valence-electron chi connectivity index (χ3n) is 6.76. The maximum absolute atomic E-state index is 12.6. The van der Waals surface area contributed by atoms with Crippen LogP contribution in [0.1, 0.15) is 74.8 Å². The van der Waals surface area contributed by atoms with Crippen molar-refractivity contribution in [2.75, 3.05) is 7.05 Å². The van der Waals surface area contributed by atoms with Crippen LogP contribution in [0.4, 0.5) is 0 Å². The highest BCUT2D eigenvalue weighted by Gasteiger charge is 2.52. The molecule has 0 unspecified atom stereocenters. The van der Waals surface area contributed by atoms with E-state index in [1.54, 1.807) is 0 Å². The lowest BCUT2D eigenvalue weighted by molar-refractivity contribution is -0.172. The topological polar surface area (TPSA) is 49.8 Å². The van der Waals surface area contributed by atoms with Crippen molar-refractivity contribution < 1.29 is 14.6 Å². The lowest BCUT2D eigenvalue weighted by Gasteiger charge is -2.31. The largest absolute Gasteiger partial charge is 0.507 e. The van der Waals surface area contributed by atoms with E-state index in [1.807, 2.05) is 18.2 Å². The Labute approximate surface area is 162 Å². The molecule has 2 bridgehead atoms. The van der Waals surface area contributed by atoms with Crippen molar-refractivity contribution in [2.24, 2.45) is 0 Å². The summed E-state index contributed by atoms with van der Waals surface area (Å²) < 4.78 is 5.92. The molecule has 0 spiro atoms. The molecule has 0 atom stereocenters. The molecule has 2 saturated heterocycles. The van der Waals surface area contributed by atoms with Crippen LogP contribution in [0.5, 0.6) is 5.75 Å². The number of halogens is 1. The quantitative estimate of drug-likeness (QED) is 0.781. The molecule has 0 aromatic heterocycles. The van der Waals surface area contributed by atoms with Crippen LogP contribution in [-0.4, -0.2) is 34.8 Å². The van der Waals surface area contributed by atoms with Gasteiger partial charge < -0.3 is 9.84 Å². The van der Waals surface area contributed by atoms with Gasteiger partial charge in [0.05, 0.1) is 6.42 Å². The molecule has 5 heteroatoms. The molecule has 0 radical (unpaired) electrons. The number of carbonyl (C=O) groups excluding carboxylic acids is 1. The van der Waals surface area contributed by atoms with E-state index in [2.05, 4.69) is 11.9 Å². The minimum Gasteiger partial charge on any atom is -0.507 e. The zero-order valence-electron chi connectivity index (χ0n) is 15.6. The Hall–Kier alpha value is -1.26. The number of esters is 1. The zero-order chi connectivity index (χ0) is 17.4. The number of nitrogens with zero attached hydrogens (tertiary/aromatic N) is 1. The molecule has 4 rings (SSSR count). The number of benzene rings is 1. The van der Waals surface area contributed by atoms with Gasteiger partial charge in [0.2, 0.25) is 0 Å². The van der Waals surface area contributed by atoms with E-state index >= 15 is 0 Å². The molecule has 1 aromatic carbocycles. The van der Waals surface area contributed by atoms with Crippen LogP contribution in [0.3, 0.4) is 0 Å². The van der Waals surface area contributed by atoms with Crippen LogP contribution in [-0.2, 0) is 16.0 Å². The number of para-hydroxylation sites is 1. The van der Waals surface area contributed by atoms with Crippen LogP contribution in [0.25, 0.3) is 0 Å². The molecule has 3 aliphatic rings. The Morgan fingerprint density at radius 2 is 1.88 bits per heavy atom. The van der Waals surface area contributed by atoms with Gasteiger partial charge in [-0.3, -0.25) is 9.69 Å². The number of ether oxygens (including phenoxy) is 1. The third kappa shape index (κ3) is 3.46. The molecule has 26 heavy (non-hydrogen) atoms. The highest BCUT2D eigenvalue weighted by atomic mass is 35.5. The first-order chi connectivity index (χ1) is 12.1. The molecule has 144 valence electrons. The van der Waals surface area contributed by atoms with Gasteiger partial charge in [0.25, 0.3) is 0 Å². The van der Waals surface area contributed by atoms with Crippen LogP contribution >= 0.6 is 12.4 Å². The van der Waals surface area contributed by atoms with E-state index in [1.165, 1.54) is 19.3 Å². The number of carbonyl (C=O) groups is 1. The van der Waals surface area contributed by atoms with Crippen molar-refractivity contribution in [3.63, 3.8) is 0 Å². The monoisotopic (exact) mass is 379 g/mol. The molecule has 1 aromatic rings. The lowest BCUT2D eigenvalue weighted by atomic mass is 9.83. The SMILES string of the molecule is CN1C2CCC1(OC(=O)Cc1cccc(C3CCCCC3)c1O)CC2.Cl. The predicted octanol–water partition coefficient (Wildman–Crippen LogP) is 4.53. The fourth-order valence-corrected chi connectivity index (χ4v) is 5.20. The van der Waals surface area contributed by atoms with Crippen molar-refractivity contribution in [1.29, 1.82) is 0 Å². The minimum atomic E-state index is -0.391. The van der Waals surface area contributed by atoms with E-state index in [4.69, 9.17) is 4.74 Å². The number of hydrogen-bond acceptors (Lipinski definition) is 4. The normalized spacial score (nSPS) is 28.7. The third-order valence-corrected chi connectivity index (χ3v) is 6.76. The molecule has 0 amide bonds. The first-order valence-electron chi connectivity index (χ1n) is 9.84. The molecule has 1 saturated carbocycles. The second-order valence-corrected chi connectivity index (χ2v) is 8.13. The first kappa shape index (κ1) is 19.5. The molecule has 1 N–H and O–H groups in total. The van der Waals surface area contributed by atoms with Crippen LogP contribution < -0.4 is 0 Å². The fraction of sp³-hybridized carbons (Fsp3) is 0.667. The minimum absolute atomic E-state index is 0. The smallest absolute Gasteiger partial charge is 0.312 e. The summed E-state index contributed by atoms with van der Waals surface area (Å²) in [6, 6.07) is 6.41. The van der Waals surface area contributed by atoms with Gasteiger partial charge in [0.1, 0.15) is 5.75 Å². The Balaban J connectivity index is 0.00000196. The van der Waals surface area contributed by atoms with Gasteiger partial charge in [-0.05, 0) is 44.2 Å². The van der Waals surface area contributed by atoms with Gasteiger partial charge in [-0.15, -0.1) is 12.4 Å². The molecule has 3 fully saturated rings. The Morgan fingerprint density at radius 3 is 2.50 bits per heavy atom. The van der Waals surface area contributed by atoms with Crippen molar-refractivity contribution in [2.45, 2.75) is 81.9 Å². The van der Waals surface area contributed by atoms with Crippen LogP contribution in [0.2, 0.25) is 0 Å². The molecule has 4 nitrogen and oxygen atoms in total. The summed E-state index contributed by atoms with van der Waals surface area (Å²) in [7, 11) is 2.07. The Morgan fingerprint density at radius 1 is 1.19 bits per heavy atom. The van der Waals surface area contributed by atoms with Gasteiger partial charge in [-0.1, -0.05) is 37.5 Å². The fourth-order valence-electron chi connectivity index (χ4n) is 5.20. The summed E-state index contributed by atoms with van der Waals surface area (Å²) in [5.41, 5.74) is 1.33. The number of hydrogen-bond donors (Lipinski definition) is 1. The standard InChI is InChI=1S/C21H29NO3.ClH/c1-22-17-10-12-21(22,13-11-17)25-19(23)14-16-8-5-9-18(20(16)24)15-6-3-2-4-7-15;/h5,8-9,15,17,24H,2-4,6-7,10-14H2,1H3;1H. The number of aromatic hydroxyl groups is 1. The molecule has 2 aliphatic heterocycles. The molecule has 1 aliphatic carbocycles. The summed E-state index contributed by atoms with van der Waals surface area (Å²) >= 11 is 0. The van der Waals surface area contributed by atoms with Gasteiger partial charge in [-0.2, -0.15) is 0 Å². The molecular formula is C21H30ClNO3. The van der Waals surface area contributed by atoms with Crippen LogP contribution in [0.15, 0.2) is 18.2 Å².